The van der Waals surface area contributed by atoms with Crippen molar-refractivity contribution >= 4 is 9.84 Å². The lowest BCUT2D eigenvalue weighted by Crippen LogP contribution is -2.61. The van der Waals surface area contributed by atoms with E-state index in [1.54, 1.807) is 0 Å². The summed E-state index contributed by atoms with van der Waals surface area (Å²) in [6.07, 6.45) is -16.1. The van der Waals surface area contributed by atoms with E-state index in [4.69, 9.17) is 0 Å². The Morgan fingerprint density at radius 2 is 0.579 bits per heavy atom. The first-order valence-electron chi connectivity index (χ1n) is 3.42. The molecular formula is C4F14S. The average molecular weight is 346 g/mol. The van der Waals surface area contributed by atoms with Gasteiger partial charge in [0.25, 0.3) is 9.84 Å². The highest BCUT2D eigenvalue weighted by Gasteiger charge is 3.05. The highest BCUT2D eigenvalue weighted by Crippen LogP contribution is 3.10. The Balaban J connectivity index is 6.64. The minimum Gasteiger partial charge on any atom is -0.177 e. The summed E-state index contributed by atoms with van der Waals surface area (Å²) in [6.45, 7) is 0. The maximum Gasteiger partial charge on any atom is 0.471 e. The smallest absolute Gasteiger partial charge is 0.177 e. The van der Waals surface area contributed by atoms with Crippen LogP contribution in [0, 0.1) is 0 Å². The molecule has 0 spiro atoms. The molecule has 0 aromatic rings. The first-order valence-corrected chi connectivity index (χ1v) is 5.47. The molecule has 0 unspecified atom stereocenters. The molecular weight excluding hydrogens is 346 g/mol. The Bertz CT molecular complexity index is 341. The van der Waals surface area contributed by atoms with Gasteiger partial charge in [0.15, 0.2) is 0 Å². The largest absolute Gasteiger partial charge is 0.471 e. The zero-order valence-electron chi connectivity index (χ0n) is 7.70. The summed E-state index contributed by atoms with van der Waals surface area (Å²) >= 11 is 0. The Hall–Kier alpha value is -0.630. The van der Waals surface area contributed by atoms with Gasteiger partial charge in [0.05, 0.1) is 0 Å². The molecule has 0 fully saturated rings. The summed E-state index contributed by atoms with van der Waals surface area (Å²) in [5.41, 5.74) is 0. The minimum atomic E-state index is -13.3. The summed E-state index contributed by atoms with van der Waals surface area (Å²) in [7, 11) is -13.3. The van der Waals surface area contributed by atoms with E-state index >= 15 is 0 Å². The van der Waals surface area contributed by atoms with Crippen LogP contribution < -0.4 is 0 Å². The van der Waals surface area contributed by atoms with E-state index in [2.05, 4.69) is 0 Å². The third kappa shape index (κ3) is 1.83. The summed E-state index contributed by atoms with van der Waals surface area (Å²) in [5, 5.41) is -17.7. The summed E-state index contributed by atoms with van der Waals surface area (Å²) in [5.74, 6) is 0. The molecule has 0 rings (SSSR count). The van der Waals surface area contributed by atoms with Crippen molar-refractivity contribution in [2.75, 3.05) is 0 Å². The molecule has 0 heterocycles. The molecule has 19 heavy (non-hydrogen) atoms. The minimum absolute atomic E-state index is 8.03. The lowest BCUT2D eigenvalue weighted by atomic mass is 10.7. The third-order valence-corrected chi connectivity index (χ3v) is 4.22. The van der Waals surface area contributed by atoms with Crippen LogP contribution in [0.5, 0.6) is 0 Å². The van der Waals surface area contributed by atoms with E-state index in [1.165, 1.54) is 0 Å². The van der Waals surface area contributed by atoms with Crippen molar-refractivity contribution in [3.8, 4) is 0 Å². The number of rotatable bonds is 2. The molecule has 0 aliphatic rings. The van der Waals surface area contributed by atoms with E-state index < -0.39 is 32.7 Å². The molecule has 0 radical (unpaired) electrons. The highest BCUT2D eigenvalue weighted by molar-refractivity contribution is 8.51. The zero-order chi connectivity index (χ0) is 16.4. The van der Waals surface area contributed by atoms with Crippen molar-refractivity contribution in [1.29, 1.82) is 0 Å². The van der Waals surface area contributed by atoms with Gasteiger partial charge in [-0.1, -0.05) is 0 Å². The second-order valence-electron chi connectivity index (χ2n) is 3.10. The molecule has 0 N–H and O–H groups in total. The predicted molar refractivity (Wildman–Crippen MR) is 34.0 cm³/mol. The van der Waals surface area contributed by atoms with Crippen molar-refractivity contribution in [1.82, 2.24) is 0 Å². The Morgan fingerprint density at radius 1 is 0.421 bits per heavy atom. The van der Waals surface area contributed by atoms with Gasteiger partial charge in [-0.25, -0.2) is 0 Å². The van der Waals surface area contributed by atoms with Crippen molar-refractivity contribution in [2.45, 2.75) is 22.9 Å². The van der Waals surface area contributed by atoms with Gasteiger partial charge < -0.3 is 0 Å². The quantitative estimate of drug-likeness (QED) is 0.562. The molecule has 120 valence electrons. The molecule has 0 atom stereocenters. The fourth-order valence-electron chi connectivity index (χ4n) is 0.627. The average Bonchev–Trinajstić information content (AvgIpc) is 1.96. The topological polar surface area (TPSA) is 0 Å². The molecule has 0 amide bonds. The van der Waals surface area contributed by atoms with Crippen molar-refractivity contribution < 1.29 is 59.4 Å². The van der Waals surface area contributed by atoms with Gasteiger partial charge in [-0.15, -0.1) is 15.5 Å². The molecule has 0 aliphatic heterocycles. The Morgan fingerprint density at radius 3 is 0.684 bits per heavy atom. The van der Waals surface area contributed by atoms with Gasteiger partial charge in [-0.3, -0.25) is 0 Å². The maximum absolute atomic E-state index is 13.3. The fourth-order valence-corrected chi connectivity index (χ4v) is 1.88. The normalized spacial score (nSPS) is 19.9. The monoisotopic (exact) mass is 346 g/mol. The van der Waals surface area contributed by atoms with Gasteiger partial charge >= 0.3 is 22.9 Å². The highest BCUT2D eigenvalue weighted by atomic mass is 32.5. The lowest BCUT2D eigenvalue weighted by molar-refractivity contribution is -0.280. The summed E-state index contributed by atoms with van der Waals surface area (Å²) in [4.78, 5) is 0. The first kappa shape index (κ1) is 18.4. The molecule has 0 bridgehead atoms. The second-order valence-corrected chi connectivity index (χ2v) is 6.26. The molecule has 0 aromatic carbocycles. The maximum atomic E-state index is 12.2. The number of hydrogen-bond donors (Lipinski definition) is 0. The molecule has 0 saturated carbocycles. The molecule has 0 aromatic heterocycles. The fraction of sp³-hybridized carbons (Fsp3) is 1.00. The third-order valence-electron chi connectivity index (χ3n) is 1.69. The van der Waals surface area contributed by atoms with E-state index in [9.17, 15) is 59.4 Å². The summed E-state index contributed by atoms with van der Waals surface area (Å²) in [6, 6.07) is 0. The van der Waals surface area contributed by atoms with Gasteiger partial charge in [-0.2, -0.15) is 43.9 Å². The SMILES string of the molecule is FC(F)(F)C(F)(F)S(F)(F)(F)(F)C(F)(F)C(F)(F)F. The molecule has 15 heteroatoms. The molecule has 0 nitrogen and oxygen atoms in total. The lowest BCUT2D eigenvalue weighted by Gasteiger charge is -2.57. The zero-order valence-corrected chi connectivity index (χ0v) is 8.52. The predicted octanol–water partition coefficient (Wildman–Crippen LogP) is 5.71. The van der Waals surface area contributed by atoms with Gasteiger partial charge in [-0.05, 0) is 0 Å². The van der Waals surface area contributed by atoms with Crippen LogP contribution in [-0.4, -0.2) is 22.9 Å². The summed E-state index contributed by atoms with van der Waals surface area (Å²) < 4.78 is 165. The van der Waals surface area contributed by atoms with Gasteiger partial charge in [0, 0.05) is 0 Å². The van der Waals surface area contributed by atoms with Crippen LogP contribution in [0.4, 0.5) is 59.4 Å². The van der Waals surface area contributed by atoms with Crippen molar-refractivity contribution in [2.24, 2.45) is 0 Å². The number of alkyl halides is 10. The first-order chi connectivity index (χ1) is 7.54. The second kappa shape index (κ2) is 3.16. The van der Waals surface area contributed by atoms with Crippen LogP contribution in [0.1, 0.15) is 0 Å². The van der Waals surface area contributed by atoms with Crippen LogP contribution in [0.3, 0.4) is 0 Å². The Labute approximate surface area is 93.3 Å². The van der Waals surface area contributed by atoms with Crippen LogP contribution in [0.15, 0.2) is 0 Å². The van der Waals surface area contributed by atoms with Gasteiger partial charge in [0.1, 0.15) is 0 Å². The standard InChI is InChI=1S/C4F14S/c5-1(6,7)3(11,12)19(15,16,17,18)4(13,14)2(8,9)10. The van der Waals surface area contributed by atoms with Crippen molar-refractivity contribution in [3.63, 3.8) is 0 Å². The van der Waals surface area contributed by atoms with Gasteiger partial charge in [0.2, 0.25) is 0 Å². The van der Waals surface area contributed by atoms with E-state index in [0.717, 1.165) is 0 Å². The van der Waals surface area contributed by atoms with E-state index in [0.29, 0.717) is 0 Å². The number of hydrogen-bond acceptors (Lipinski definition) is 0. The van der Waals surface area contributed by atoms with Crippen LogP contribution in [-0.2, 0) is 0 Å². The van der Waals surface area contributed by atoms with E-state index in [-0.39, 0.29) is 0 Å². The Kier molecular flexibility index (Phi) is 3.06. The van der Waals surface area contributed by atoms with E-state index in [1.807, 2.05) is 0 Å². The molecule has 0 saturated heterocycles. The van der Waals surface area contributed by atoms with Crippen LogP contribution in [0.25, 0.3) is 0 Å². The van der Waals surface area contributed by atoms with Crippen LogP contribution >= 0.6 is 9.84 Å². The van der Waals surface area contributed by atoms with Crippen LogP contribution in [0.2, 0.25) is 0 Å². The number of halogens is 14. The molecule has 0 aliphatic carbocycles. The van der Waals surface area contributed by atoms with Crippen molar-refractivity contribution in [3.05, 3.63) is 0 Å².